The van der Waals surface area contributed by atoms with E-state index in [4.69, 9.17) is 0 Å². The Morgan fingerprint density at radius 1 is 1.08 bits per heavy atom. The summed E-state index contributed by atoms with van der Waals surface area (Å²) in [6.45, 7) is 5.51. The number of amides is 1. The zero-order valence-electron chi connectivity index (χ0n) is 14.7. The third kappa shape index (κ3) is 4.44. The van der Waals surface area contributed by atoms with Crippen molar-refractivity contribution in [1.29, 1.82) is 0 Å². The molecule has 2 aliphatic rings. The molecule has 1 aromatic heterocycles. The summed E-state index contributed by atoms with van der Waals surface area (Å²) in [5, 5.41) is 3.28. The average Bonchev–Trinajstić information content (AvgIpc) is 2.90. The number of piperazine rings is 1. The van der Waals surface area contributed by atoms with Crippen LogP contribution in [0.5, 0.6) is 0 Å². The molecule has 0 radical (unpaired) electrons. The van der Waals surface area contributed by atoms with E-state index in [2.05, 4.69) is 25.1 Å². The van der Waals surface area contributed by atoms with Gasteiger partial charge < -0.3 is 10.2 Å². The summed E-state index contributed by atoms with van der Waals surface area (Å²) in [4.78, 5) is 25.7. The van der Waals surface area contributed by atoms with E-state index in [1.807, 2.05) is 13.0 Å². The summed E-state index contributed by atoms with van der Waals surface area (Å²) in [6.07, 6.45) is 10.9. The molecule has 6 heteroatoms. The maximum Gasteiger partial charge on any atom is 0.237 e. The van der Waals surface area contributed by atoms with Gasteiger partial charge >= 0.3 is 0 Å². The Morgan fingerprint density at radius 3 is 2.33 bits per heavy atom. The number of carbonyl (C=O) groups is 1. The van der Waals surface area contributed by atoms with Crippen LogP contribution in [-0.2, 0) is 4.79 Å². The highest BCUT2D eigenvalue weighted by molar-refractivity contribution is 5.81. The molecule has 1 amide bonds. The van der Waals surface area contributed by atoms with E-state index in [1.165, 1.54) is 25.7 Å². The van der Waals surface area contributed by atoms with Crippen LogP contribution in [0, 0.1) is 0 Å². The summed E-state index contributed by atoms with van der Waals surface area (Å²) >= 11 is 0. The molecule has 2 fully saturated rings. The highest BCUT2D eigenvalue weighted by atomic mass is 16.2. The lowest BCUT2D eigenvalue weighted by molar-refractivity contribution is -0.126. The van der Waals surface area contributed by atoms with E-state index >= 15 is 0 Å². The van der Waals surface area contributed by atoms with Crippen LogP contribution in [-0.4, -0.2) is 59.0 Å². The van der Waals surface area contributed by atoms with Crippen LogP contribution >= 0.6 is 0 Å². The first-order chi connectivity index (χ1) is 11.7. The lowest BCUT2D eigenvalue weighted by Gasteiger charge is -2.37. The Balaban J connectivity index is 1.47. The summed E-state index contributed by atoms with van der Waals surface area (Å²) in [5.74, 6) is 0.971. The van der Waals surface area contributed by atoms with Crippen LogP contribution in [0.1, 0.15) is 45.4 Å². The van der Waals surface area contributed by atoms with Gasteiger partial charge in [-0.15, -0.1) is 0 Å². The molecular formula is C18H29N5O. The minimum atomic E-state index is -0.0629. The molecular weight excluding hydrogens is 302 g/mol. The minimum absolute atomic E-state index is 0.0629. The Morgan fingerprint density at radius 2 is 1.71 bits per heavy atom. The van der Waals surface area contributed by atoms with Crippen molar-refractivity contribution in [1.82, 2.24) is 20.2 Å². The highest BCUT2D eigenvalue weighted by Gasteiger charge is 2.27. The molecule has 132 valence electrons. The van der Waals surface area contributed by atoms with E-state index in [0.29, 0.717) is 6.04 Å². The molecule has 1 aliphatic carbocycles. The van der Waals surface area contributed by atoms with Crippen LogP contribution in [0.2, 0.25) is 0 Å². The average molecular weight is 331 g/mol. The zero-order chi connectivity index (χ0) is 16.8. The molecule has 24 heavy (non-hydrogen) atoms. The number of hydrogen-bond donors (Lipinski definition) is 1. The highest BCUT2D eigenvalue weighted by Crippen LogP contribution is 2.18. The van der Waals surface area contributed by atoms with Crippen LogP contribution in [0.25, 0.3) is 0 Å². The van der Waals surface area contributed by atoms with Crippen molar-refractivity contribution in [2.45, 2.75) is 57.5 Å². The van der Waals surface area contributed by atoms with E-state index < -0.39 is 0 Å². The van der Waals surface area contributed by atoms with Crippen LogP contribution < -0.4 is 10.2 Å². The third-order valence-electron chi connectivity index (χ3n) is 5.28. The van der Waals surface area contributed by atoms with Crippen molar-refractivity contribution < 1.29 is 4.79 Å². The fraction of sp³-hybridized carbons (Fsp3) is 0.722. The molecule has 0 aromatic carbocycles. The monoisotopic (exact) mass is 331 g/mol. The molecule has 1 saturated carbocycles. The topological polar surface area (TPSA) is 61.4 Å². The lowest BCUT2D eigenvalue weighted by Crippen LogP contribution is -2.55. The first kappa shape index (κ1) is 17.1. The van der Waals surface area contributed by atoms with Gasteiger partial charge in [0.15, 0.2) is 0 Å². The number of hydrogen-bond acceptors (Lipinski definition) is 5. The number of anilines is 1. The maximum atomic E-state index is 12.6. The molecule has 0 spiro atoms. The van der Waals surface area contributed by atoms with Gasteiger partial charge in [0.2, 0.25) is 11.9 Å². The van der Waals surface area contributed by atoms with E-state index in [9.17, 15) is 4.79 Å². The number of rotatable bonds is 4. The molecule has 1 N–H and O–H groups in total. The number of nitrogens with one attached hydrogen (secondary N) is 1. The van der Waals surface area contributed by atoms with Gasteiger partial charge in [-0.25, -0.2) is 9.97 Å². The van der Waals surface area contributed by atoms with Gasteiger partial charge in [0, 0.05) is 44.6 Å². The van der Waals surface area contributed by atoms with Crippen LogP contribution in [0.4, 0.5) is 5.95 Å². The van der Waals surface area contributed by atoms with Crippen LogP contribution in [0.3, 0.4) is 0 Å². The maximum absolute atomic E-state index is 12.6. The predicted molar refractivity (Wildman–Crippen MR) is 94.9 cm³/mol. The van der Waals surface area contributed by atoms with Crippen molar-refractivity contribution in [3.63, 3.8) is 0 Å². The normalized spacial score (nSPS) is 22.0. The molecule has 0 unspecified atom stereocenters. The van der Waals surface area contributed by atoms with Crippen LogP contribution in [0.15, 0.2) is 18.5 Å². The third-order valence-corrected chi connectivity index (χ3v) is 5.28. The van der Waals surface area contributed by atoms with Gasteiger partial charge in [-0.2, -0.15) is 0 Å². The second-order valence-electron chi connectivity index (χ2n) is 6.94. The molecule has 1 saturated heterocycles. The number of carbonyl (C=O) groups excluding carboxylic acids is 1. The van der Waals surface area contributed by atoms with Gasteiger partial charge in [0.25, 0.3) is 0 Å². The predicted octanol–water partition coefficient (Wildman–Crippen LogP) is 1.83. The van der Waals surface area contributed by atoms with Gasteiger partial charge in [-0.05, 0) is 25.8 Å². The van der Waals surface area contributed by atoms with E-state index in [0.717, 1.165) is 45.0 Å². The number of nitrogens with zero attached hydrogens (tertiary/aromatic N) is 4. The second-order valence-corrected chi connectivity index (χ2v) is 6.94. The Labute approximate surface area is 144 Å². The minimum Gasteiger partial charge on any atom is -0.352 e. The molecule has 1 atom stereocenters. The largest absolute Gasteiger partial charge is 0.352 e. The fourth-order valence-corrected chi connectivity index (χ4v) is 3.68. The Kier molecular flexibility index (Phi) is 6.01. The molecule has 3 rings (SSSR count). The summed E-state index contributed by atoms with van der Waals surface area (Å²) in [5.41, 5.74) is 0. The Bertz CT molecular complexity index is 507. The zero-order valence-corrected chi connectivity index (χ0v) is 14.7. The van der Waals surface area contributed by atoms with Gasteiger partial charge in [-0.1, -0.05) is 25.7 Å². The molecule has 1 aliphatic heterocycles. The molecule has 1 aromatic rings. The van der Waals surface area contributed by atoms with E-state index in [1.54, 1.807) is 12.4 Å². The van der Waals surface area contributed by atoms with Crippen molar-refractivity contribution in [3.8, 4) is 0 Å². The van der Waals surface area contributed by atoms with Crippen molar-refractivity contribution in [2.24, 2.45) is 0 Å². The molecule has 0 bridgehead atoms. The van der Waals surface area contributed by atoms with Crippen molar-refractivity contribution >= 4 is 11.9 Å². The second kappa shape index (κ2) is 8.42. The quantitative estimate of drug-likeness (QED) is 0.853. The Hall–Kier alpha value is -1.69. The first-order valence-corrected chi connectivity index (χ1v) is 9.30. The van der Waals surface area contributed by atoms with Gasteiger partial charge in [0.1, 0.15) is 0 Å². The standard InChI is InChI=1S/C18H29N5O/c1-15(17(24)21-16-7-4-2-3-5-8-16)22-11-13-23(14-12-22)18-19-9-6-10-20-18/h6,9-10,15-16H,2-5,7-8,11-14H2,1H3,(H,21,24)/t15-/m0/s1. The van der Waals surface area contributed by atoms with Gasteiger partial charge in [0.05, 0.1) is 6.04 Å². The van der Waals surface area contributed by atoms with E-state index in [-0.39, 0.29) is 11.9 Å². The molecule has 6 nitrogen and oxygen atoms in total. The summed E-state index contributed by atoms with van der Waals surface area (Å²) in [7, 11) is 0. The lowest BCUT2D eigenvalue weighted by atomic mass is 10.1. The van der Waals surface area contributed by atoms with Crippen molar-refractivity contribution in [2.75, 3.05) is 31.1 Å². The smallest absolute Gasteiger partial charge is 0.237 e. The molecule has 2 heterocycles. The first-order valence-electron chi connectivity index (χ1n) is 9.30. The SMILES string of the molecule is C[C@@H](C(=O)NC1CCCCCC1)N1CCN(c2ncccn2)CC1. The number of aromatic nitrogens is 2. The summed E-state index contributed by atoms with van der Waals surface area (Å²) < 4.78 is 0. The van der Waals surface area contributed by atoms with Crippen molar-refractivity contribution in [3.05, 3.63) is 18.5 Å². The summed E-state index contributed by atoms with van der Waals surface area (Å²) in [6, 6.07) is 2.15. The fourth-order valence-electron chi connectivity index (χ4n) is 3.68. The van der Waals surface area contributed by atoms with Gasteiger partial charge in [-0.3, -0.25) is 9.69 Å².